The van der Waals surface area contributed by atoms with Crippen LogP contribution >= 0.6 is 11.3 Å². The summed E-state index contributed by atoms with van der Waals surface area (Å²) < 4.78 is 0. The summed E-state index contributed by atoms with van der Waals surface area (Å²) in [6.45, 7) is 5.17. The molecule has 0 amide bonds. The molecule has 1 aromatic rings. The Morgan fingerprint density at radius 1 is 1.29 bits per heavy atom. The molecule has 0 radical (unpaired) electrons. The van der Waals surface area contributed by atoms with E-state index in [-0.39, 0.29) is 0 Å². The Labute approximate surface area is 106 Å². The third-order valence-electron chi connectivity index (χ3n) is 1.85. The maximum atomic E-state index is 9.46. The summed E-state index contributed by atoms with van der Waals surface area (Å²) in [5.74, 6) is 11.3. The third-order valence-corrected chi connectivity index (χ3v) is 2.76. The van der Waals surface area contributed by atoms with Crippen molar-refractivity contribution >= 4 is 11.3 Å². The van der Waals surface area contributed by atoms with Crippen molar-refractivity contribution in [3.05, 3.63) is 21.9 Å². The molecule has 90 valence electrons. The van der Waals surface area contributed by atoms with Gasteiger partial charge in [0.05, 0.1) is 9.75 Å². The molecule has 0 bridgehead atoms. The zero-order chi connectivity index (χ0) is 12.9. The van der Waals surface area contributed by atoms with Crippen LogP contribution in [0, 0.1) is 23.7 Å². The Kier molecular flexibility index (Phi) is 4.78. The lowest BCUT2D eigenvalue weighted by atomic mass is 10.1. The first kappa shape index (κ1) is 13.8. The van der Waals surface area contributed by atoms with Gasteiger partial charge in [0.25, 0.3) is 0 Å². The number of thiophene rings is 1. The monoisotopic (exact) mass is 248 g/mol. The fraction of sp³-hybridized carbons (Fsp3) is 0.429. The maximum absolute atomic E-state index is 9.46. The molecule has 0 spiro atoms. The Hall–Kier alpha value is -1.26. The Morgan fingerprint density at radius 3 is 2.41 bits per heavy atom. The van der Waals surface area contributed by atoms with E-state index in [4.69, 9.17) is 0 Å². The fourth-order valence-electron chi connectivity index (χ4n) is 0.943. The van der Waals surface area contributed by atoms with Crippen molar-refractivity contribution in [1.29, 1.82) is 0 Å². The van der Waals surface area contributed by atoms with Gasteiger partial charge in [-0.25, -0.2) is 0 Å². The van der Waals surface area contributed by atoms with E-state index in [1.54, 1.807) is 13.8 Å². The lowest BCUT2D eigenvalue weighted by Gasteiger charge is -2.05. The molecule has 0 saturated carbocycles. The summed E-state index contributed by atoms with van der Waals surface area (Å²) in [6, 6.07) is 3.74. The van der Waals surface area contributed by atoms with Crippen molar-refractivity contribution in [3.8, 4) is 23.7 Å². The standard InChI is InChI=1S/C14H16O2S/c1-4-11(15)5-6-12-7-8-13(17-12)9-10-14(2,3)16/h7-8,11,15-16H,4H2,1-3H3. The second kappa shape index (κ2) is 5.89. The molecule has 0 saturated heterocycles. The first-order chi connectivity index (χ1) is 7.90. The van der Waals surface area contributed by atoms with Crippen LogP contribution < -0.4 is 0 Å². The van der Waals surface area contributed by atoms with Crippen molar-refractivity contribution in [2.24, 2.45) is 0 Å². The first-order valence-electron chi connectivity index (χ1n) is 5.45. The van der Waals surface area contributed by atoms with E-state index in [9.17, 15) is 10.2 Å². The number of aliphatic hydroxyl groups excluding tert-OH is 1. The number of aliphatic hydroxyl groups is 2. The van der Waals surface area contributed by atoms with Crippen molar-refractivity contribution in [2.45, 2.75) is 38.9 Å². The highest BCUT2D eigenvalue weighted by Gasteiger charge is 2.06. The molecule has 0 aliphatic rings. The van der Waals surface area contributed by atoms with Crippen LogP contribution in [0.2, 0.25) is 0 Å². The smallest absolute Gasteiger partial charge is 0.120 e. The highest BCUT2D eigenvalue weighted by Crippen LogP contribution is 2.14. The van der Waals surface area contributed by atoms with Crippen LogP contribution in [0.1, 0.15) is 36.9 Å². The van der Waals surface area contributed by atoms with E-state index >= 15 is 0 Å². The summed E-state index contributed by atoms with van der Waals surface area (Å²) in [6.07, 6.45) is 0.0621. The lowest BCUT2D eigenvalue weighted by Crippen LogP contribution is -2.14. The van der Waals surface area contributed by atoms with E-state index in [2.05, 4.69) is 23.7 Å². The minimum Gasteiger partial charge on any atom is -0.380 e. The summed E-state index contributed by atoms with van der Waals surface area (Å²) >= 11 is 1.46. The van der Waals surface area contributed by atoms with E-state index < -0.39 is 11.7 Å². The third kappa shape index (κ3) is 5.56. The van der Waals surface area contributed by atoms with Gasteiger partial charge in [-0.3, -0.25) is 0 Å². The number of hydrogen-bond donors (Lipinski definition) is 2. The van der Waals surface area contributed by atoms with Crippen molar-refractivity contribution in [2.75, 3.05) is 0 Å². The van der Waals surface area contributed by atoms with E-state index in [0.717, 1.165) is 9.75 Å². The molecule has 0 aliphatic carbocycles. The molecular weight excluding hydrogens is 232 g/mol. The van der Waals surface area contributed by atoms with Crippen molar-refractivity contribution in [3.63, 3.8) is 0 Å². The molecule has 0 aromatic carbocycles. The molecule has 17 heavy (non-hydrogen) atoms. The average molecular weight is 248 g/mol. The molecule has 1 rings (SSSR count). The maximum Gasteiger partial charge on any atom is 0.120 e. The predicted octanol–water partition coefficient (Wildman–Crippen LogP) is 1.99. The highest BCUT2D eigenvalue weighted by atomic mass is 32.1. The molecule has 1 unspecified atom stereocenters. The Balaban J connectivity index is 2.77. The van der Waals surface area contributed by atoms with Crippen molar-refractivity contribution < 1.29 is 10.2 Å². The van der Waals surface area contributed by atoms with Gasteiger partial charge in [0.15, 0.2) is 0 Å². The average Bonchev–Trinajstić information content (AvgIpc) is 2.70. The molecule has 2 nitrogen and oxygen atoms in total. The van der Waals surface area contributed by atoms with Gasteiger partial charge >= 0.3 is 0 Å². The zero-order valence-electron chi connectivity index (χ0n) is 10.2. The largest absolute Gasteiger partial charge is 0.380 e. The molecule has 2 N–H and O–H groups in total. The Bertz CT molecular complexity index is 486. The number of hydrogen-bond acceptors (Lipinski definition) is 3. The molecule has 1 heterocycles. The minimum absolute atomic E-state index is 0.567. The van der Waals surface area contributed by atoms with Crippen LogP contribution in [-0.4, -0.2) is 21.9 Å². The van der Waals surface area contributed by atoms with Crippen LogP contribution in [0.15, 0.2) is 12.1 Å². The number of rotatable bonds is 1. The zero-order valence-corrected chi connectivity index (χ0v) is 11.1. The van der Waals surface area contributed by atoms with Gasteiger partial charge in [0, 0.05) is 0 Å². The minimum atomic E-state index is -0.978. The quantitative estimate of drug-likeness (QED) is 0.746. The van der Waals surface area contributed by atoms with Gasteiger partial charge in [-0.15, -0.1) is 11.3 Å². The molecule has 0 fully saturated rings. The second-order valence-corrected chi connectivity index (χ2v) is 5.25. The topological polar surface area (TPSA) is 40.5 Å². The lowest BCUT2D eigenvalue weighted by molar-refractivity contribution is 0.143. The van der Waals surface area contributed by atoms with Gasteiger partial charge in [-0.2, -0.15) is 0 Å². The van der Waals surface area contributed by atoms with Gasteiger partial charge < -0.3 is 10.2 Å². The highest BCUT2D eigenvalue weighted by molar-refractivity contribution is 7.13. The van der Waals surface area contributed by atoms with Gasteiger partial charge in [0.2, 0.25) is 0 Å². The molecule has 1 atom stereocenters. The summed E-state index contributed by atoms with van der Waals surface area (Å²) in [5, 5.41) is 18.8. The predicted molar refractivity (Wildman–Crippen MR) is 70.7 cm³/mol. The van der Waals surface area contributed by atoms with E-state index in [1.807, 2.05) is 19.1 Å². The van der Waals surface area contributed by atoms with Crippen LogP contribution in [0.5, 0.6) is 0 Å². The summed E-state index contributed by atoms with van der Waals surface area (Å²) in [5.41, 5.74) is -0.978. The van der Waals surface area contributed by atoms with Crippen molar-refractivity contribution in [1.82, 2.24) is 0 Å². The molecule has 3 heteroatoms. The summed E-state index contributed by atoms with van der Waals surface area (Å²) in [7, 11) is 0. The van der Waals surface area contributed by atoms with Gasteiger partial charge in [-0.1, -0.05) is 30.6 Å². The molecule has 1 aromatic heterocycles. The summed E-state index contributed by atoms with van der Waals surface area (Å²) in [4.78, 5) is 1.74. The van der Waals surface area contributed by atoms with E-state index in [1.165, 1.54) is 11.3 Å². The molecular formula is C14H16O2S. The van der Waals surface area contributed by atoms with Gasteiger partial charge in [0.1, 0.15) is 11.7 Å². The van der Waals surface area contributed by atoms with Crippen LogP contribution in [0.3, 0.4) is 0 Å². The van der Waals surface area contributed by atoms with Crippen LogP contribution in [-0.2, 0) is 0 Å². The fourth-order valence-corrected chi connectivity index (χ4v) is 1.66. The van der Waals surface area contributed by atoms with Crippen LogP contribution in [0.4, 0.5) is 0 Å². The SMILES string of the molecule is CCC(O)C#Cc1ccc(C#CC(C)(C)O)s1. The Morgan fingerprint density at radius 2 is 1.88 bits per heavy atom. The normalized spacial score (nSPS) is 12.1. The van der Waals surface area contributed by atoms with E-state index in [0.29, 0.717) is 6.42 Å². The van der Waals surface area contributed by atoms with Gasteiger partial charge in [-0.05, 0) is 32.4 Å². The van der Waals surface area contributed by atoms with Crippen LogP contribution in [0.25, 0.3) is 0 Å². The second-order valence-electron chi connectivity index (χ2n) is 4.17. The molecule has 0 aliphatic heterocycles. The first-order valence-corrected chi connectivity index (χ1v) is 6.27.